The van der Waals surface area contributed by atoms with E-state index in [1.807, 2.05) is 31.2 Å². The second-order valence-corrected chi connectivity index (χ2v) is 6.28. The quantitative estimate of drug-likeness (QED) is 0.802. The Morgan fingerprint density at radius 1 is 0.826 bits per heavy atom. The fraction of sp³-hybridized carbons (Fsp3) is 0.211. The smallest absolute Gasteiger partial charge is 0.262 e. The van der Waals surface area contributed by atoms with Gasteiger partial charge in [-0.2, -0.15) is 0 Å². The molecule has 1 aliphatic carbocycles. The molecule has 0 saturated heterocycles. The lowest BCUT2D eigenvalue weighted by Crippen LogP contribution is -2.57. The predicted molar refractivity (Wildman–Crippen MR) is 84.0 cm³/mol. The number of fused-ring (bicyclic) bond motifs is 1. The summed E-state index contributed by atoms with van der Waals surface area (Å²) in [5, 5.41) is 0. The Labute approximate surface area is 133 Å². The highest BCUT2D eigenvalue weighted by Gasteiger charge is 2.56. The molecule has 1 fully saturated rings. The van der Waals surface area contributed by atoms with Crippen LogP contribution in [-0.2, 0) is 10.3 Å². The molecule has 4 rings (SSSR count). The fourth-order valence-electron chi connectivity index (χ4n) is 3.53. The van der Waals surface area contributed by atoms with Crippen molar-refractivity contribution in [1.82, 2.24) is 4.90 Å². The average Bonchev–Trinajstić information content (AvgIpc) is 2.77. The van der Waals surface area contributed by atoms with Gasteiger partial charge in [0.2, 0.25) is 0 Å². The monoisotopic (exact) mass is 305 g/mol. The van der Waals surface area contributed by atoms with E-state index >= 15 is 0 Å². The molecule has 23 heavy (non-hydrogen) atoms. The summed E-state index contributed by atoms with van der Waals surface area (Å²) in [4.78, 5) is 38.6. The minimum absolute atomic E-state index is 0.0714. The highest BCUT2D eigenvalue weighted by Crippen LogP contribution is 2.47. The molecule has 0 spiro atoms. The van der Waals surface area contributed by atoms with Crippen LogP contribution in [0, 0.1) is 6.92 Å². The van der Waals surface area contributed by atoms with Crippen molar-refractivity contribution in [1.29, 1.82) is 0 Å². The van der Waals surface area contributed by atoms with Crippen molar-refractivity contribution in [2.45, 2.75) is 25.3 Å². The van der Waals surface area contributed by atoms with Crippen LogP contribution in [0.15, 0.2) is 48.5 Å². The van der Waals surface area contributed by atoms with E-state index in [4.69, 9.17) is 0 Å². The Kier molecular flexibility index (Phi) is 2.79. The van der Waals surface area contributed by atoms with Crippen LogP contribution >= 0.6 is 0 Å². The van der Waals surface area contributed by atoms with E-state index in [1.165, 1.54) is 4.90 Å². The first-order valence-corrected chi connectivity index (χ1v) is 7.60. The Morgan fingerprint density at radius 3 is 1.83 bits per heavy atom. The van der Waals surface area contributed by atoms with Crippen LogP contribution in [0.5, 0.6) is 0 Å². The molecule has 1 saturated carbocycles. The van der Waals surface area contributed by atoms with Gasteiger partial charge in [-0.15, -0.1) is 0 Å². The molecule has 2 aromatic carbocycles. The van der Waals surface area contributed by atoms with Crippen LogP contribution in [0.1, 0.15) is 44.7 Å². The molecule has 1 heterocycles. The molecule has 1 aliphatic heterocycles. The largest absolute Gasteiger partial charge is 0.299 e. The van der Waals surface area contributed by atoms with Crippen LogP contribution in [0.3, 0.4) is 0 Å². The molecule has 0 bridgehead atoms. The highest BCUT2D eigenvalue weighted by atomic mass is 16.2. The van der Waals surface area contributed by atoms with Crippen molar-refractivity contribution in [3.8, 4) is 0 Å². The van der Waals surface area contributed by atoms with Gasteiger partial charge in [-0.3, -0.25) is 19.3 Å². The molecule has 2 aromatic rings. The summed E-state index contributed by atoms with van der Waals surface area (Å²) >= 11 is 0. The molecular weight excluding hydrogens is 290 g/mol. The number of hydrogen-bond donors (Lipinski definition) is 0. The summed E-state index contributed by atoms with van der Waals surface area (Å²) < 4.78 is 0. The fourth-order valence-corrected chi connectivity index (χ4v) is 3.53. The van der Waals surface area contributed by atoms with Gasteiger partial charge < -0.3 is 0 Å². The van der Waals surface area contributed by atoms with E-state index in [0.717, 1.165) is 11.1 Å². The second-order valence-electron chi connectivity index (χ2n) is 6.28. The van der Waals surface area contributed by atoms with Gasteiger partial charge in [0.15, 0.2) is 0 Å². The van der Waals surface area contributed by atoms with Crippen molar-refractivity contribution >= 4 is 17.6 Å². The zero-order valence-electron chi connectivity index (χ0n) is 12.7. The van der Waals surface area contributed by atoms with E-state index < -0.39 is 5.54 Å². The number of aryl methyl sites for hydroxylation is 1. The van der Waals surface area contributed by atoms with Crippen molar-refractivity contribution in [3.63, 3.8) is 0 Å². The number of imide groups is 1. The van der Waals surface area contributed by atoms with Crippen LogP contribution < -0.4 is 0 Å². The summed E-state index contributed by atoms with van der Waals surface area (Å²) in [5.41, 5.74) is 1.94. The minimum atomic E-state index is -0.835. The number of nitrogens with zero attached hydrogens (tertiary/aromatic N) is 1. The minimum Gasteiger partial charge on any atom is -0.299 e. The zero-order valence-corrected chi connectivity index (χ0v) is 12.7. The maximum absolute atomic E-state index is 12.8. The van der Waals surface area contributed by atoms with E-state index in [1.54, 1.807) is 24.3 Å². The first kappa shape index (κ1) is 13.9. The normalized spacial score (nSPS) is 18.8. The van der Waals surface area contributed by atoms with Gasteiger partial charge in [0.25, 0.3) is 11.8 Å². The lowest BCUT2D eigenvalue weighted by atomic mass is 9.69. The maximum atomic E-state index is 12.8. The molecule has 2 amide bonds. The van der Waals surface area contributed by atoms with Crippen molar-refractivity contribution in [2.75, 3.05) is 0 Å². The lowest BCUT2D eigenvalue weighted by Gasteiger charge is -2.46. The highest BCUT2D eigenvalue weighted by molar-refractivity contribution is 6.22. The number of Topliss-reactive ketones (excluding diaryl/α,β-unsaturated/α-hetero) is 1. The first-order chi connectivity index (χ1) is 11.0. The second kappa shape index (κ2) is 4.62. The maximum Gasteiger partial charge on any atom is 0.262 e. The van der Waals surface area contributed by atoms with Gasteiger partial charge >= 0.3 is 0 Å². The van der Waals surface area contributed by atoms with Crippen LogP contribution in [0.25, 0.3) is 0 Å². The summed E-state index contributed by atoms with van der Waals surface area (Å²) in [7, 11) is 0. The number of rotatable bonds is 2. The standard InChI is InChI=1S/C19H15NO3/c1-12-6-8-13(9-7-12)19(10-14(21)11-19)20-17(22)15-4-2-3-5-16(15)18(20)23/h2-9H,10-11H2,1H3. The Balaban J connectivity index is 1.84. The summed E-state index contributed by atoms with van der Waals surface area (Å²) in [6.07, 6.45) is 0.392. The molecule has 4 nitrogen and oxygen atoms in total. The van der Waals surface area contributed by atoms with Gasteiger partial charge in [-0.1, -0.05) is 42.0 Å². The van der Waals surface area contributed by atoms with Crippen molar-refractivity contribution < 1.29 is 14.4 Å². The molecule has 114 valence electrons. The lowest BCUT2D eigenvalue weighted by molar-refractivity contribution is -0.132. The summed E-state index contributed by atoms with van der Waals surface area (Å²) in [6.45, 7) is 1.98. The van der Waals surface area contributed by atoms with Gasteiger partial charge in [0.1, 0.15) is 5.78 Å². The third-order valence-corrected chi connectivity index (χ3v) is 4.79. The predicted octanol–water partition coefficient (Wildman–Crippen LogP) is 2.85. The molecule has 0 aromatic heterocycles. The summed E-state index contributed by atoms with van der Waals surface area (Å²) in [6, 6.07) is 14.5. The number of carbonyl (C=O) groups is 3. The van der Waals surface area contributed by atoms with E-state index in [0.29, 0.717) is 11.1 Å². The van der Waals surface area contributed by atoms with E-state index in [-0.39, 0.29) is 30.4 Å². The number of benzene rings is 2. The van der Waals surface area contributed by atoms with E-state index in [9.17, 15) is 14.4 Å². The van der Waals surface area contributed by atoms with Gasteiger partial charge in [-0.05, 0) is 24.6 Å². The van der Waals surface area contributed by atoms with Crippen LogP contribution in [0.4, 0.5) is 0 Å². The molecule has 0 radical (unpaired) electrons. The molecular formula is C19H15NO3. The Bertz CT molecular complexity index is 808. The van der Waals surface area contributed by atoms with Crippen LogP contribution in [-0.4, -0.2) is 22.5 Å². The third kappa shape index (κ3) is 1.81. The third-order valence-electron chi connectivity index (χ3n) is 4.79. The number of ketones is 1. The zero-order chi connectivity index (χ0) is 16.2. The van der Waals surface area contributed by atoms with Crippen molar-refractivity contribution in [3.05, 3.63) is 70.8 Å². The molecule has 0 atom stereocenters. The molecule has 2 aliphatic rings. The molecule has 0 unspecified atom stereocenters. The molecule has 4 heteroatoms. The topological polar surface area (TPSA) is 54.5 Å². The van der Waals surface area contributed by atoms with E-state index in [2.05, 4.69) is 0 Å². The number of carbonyl (C=O) groups excluding carboxylic acids is 3. The average molecular weight is 305 g/mol. The SMILES string of the molecule is Cc1ccc(C2(N3C(=O)c4ccccc4C3=O)CC(=O)C2)cc1. The van der Waals surface area contributed by atoms with Crippen LogP contribution in [0.2, 0.25) is 0 Å². The van der Waals surface area contributed by atoms with Gasteiger partial charge in [-0.25, -0.2) is 0 Å². The Hall–Kier alpha value is -2.75. The first-order valence-electron chi connectivity index (χ1n) is 7.60. The van der Waals surface area contributed by atoms with Gasteiger partial charge in [0.05, 0.1) is 16.7 Å². The number of amides is 2. The van der Waals surface area contributed by atoms with Gasteiger partial charge in [0, 0.05) is 12.8 Å². The Morgan fingerprint density at radius 2 is 1.35 bits per heavy atom. The number of hydrogen-bond acceptors (Lipinski definition) is 3. The summed E-state index contributed by atoms with van der Waals surface area (Å²) in [5.74, 6) is -0.542. The van der Waals surface area contributed by atoms with Crippen molar-refractivity contribution in [2.24, 2.45) is 0 Å². The molecule has 0 N–H and O–H groups in total.